The topological polar surface area (TPSA) is 106 Å². The predicted molar refractivity (Wildman–Crippen MR) is 150 cm³/mol. The highest BCUT2D eigenvalue weighted by molar-refractivity contribution is 6.04. The van der Waals surface area contributed by atoms with Crippen molar-refractivity contribution in [2.45, 2.75) is 63.9 Å². The van der Waals surface area contributed by atoms with Crippen molar-refractivity contribution in [1.82, 2.24) is 4.98 Å². The molecular weight excluding hydrogens is 529 g/mol. The van der Waals surface area contributed by atoms with Gasteiger partial charge in [0.25, 0.3) is 11.9 Å². The van der Waals surface area contributed by atoms with Gasteiger partial charge in [0.1, 0.15) is 18.8 Å². The summed E-state index contributed by atoms with van der Waals surface area (Å²) in [5.74, 6) is 0.332. The van der Waals surface area contributed by atoms with Gasteiger partial charge < -0.3 is 34.0 Å². The van der Waals surface area contributed by atoms with E-state index in [-0.39, 0.29) is 53.0 Å². The summed E-state index contributed by atoms with van der Waals surface area (Å²) in [6.07, 6.45) is 5.04. The Morgan fingerprint density at radius 3 is 2.56 bits per heavy atom. The highest BCUT2D eigenvalue weighted by Crippen LogP contribution is 2.47. The molecule has 10 heteroatoms. The van der Waals surface area contributed by atoms with Gasteiger partial charge in [-0.25, -0.2) is 4.39 Å². The van der Waals surface area contributed by atoms with Gasteiger partial charge in [-0.1, -0.05) is 37.3 Å². The number of rotatable bonds is 11. The van der Waals surface area contributed by atoms with E-state index in [4.69, 9.17) is 18.6 Å². The molecule has 0 radical (unpaired) electrons. The summed E-state index contributed by atoms with van der Waals surface area (Å²) < 4.78 is 39.1. The number of carbonyl (C=O) groups is 1. The molecule has 218 valence electrons. The van der Waals surface area contributed by atoms with Crippen LogP contribution in [-0.2, 0) is 18.0 Å². The van der Waals surface area contributed by atoms with Crippen LogP contribution in [0.15, 0.2) is 46.9 Å². The second-order valence-electron chi connectivity index (χ2n) is 11.5. The molecule has 2 heterocycles. The average molecular weight is 566 g/mol. The van der Waals surface area contributed by atoms with Crippen molar-refractivity contribution in [3.05, 3.63) is 65.3 Å². The number of anilines is 2. The first-order chi connectivity index (χ1) is 19.9. The number of hydrogen-bond donors (Lipinski definition) is 2. The Labute approximate surface area is 238 Å². The zero-order valence-electron chi connectivity index (χ0n) is 23.4. The fourth-order valence-electron chi connectivity index (χ4n) is 6.19. The van der Waals surface area contributed by atoms with Crippen LogP contribution in [0.1, 0.15) is 60.8 Å². The maximum atomic E-state index is 15.6. The molecule has 0 spiro atoms. The number of benzene rings is 2. The fourth-order valence-corrected chi connectivity index (χ4v) is 6.19. The third kappa shape index (κ3) is 5.63. The molecule has 1 aromatic heterocycles. The summed E-state index contributed by atoms with van der Waals surface area (Å²) in [6, 6.07) is 12.6. The first-order valence-corrected chi connectivity index (χ1v) is 14.3. The lowest BCUT2D eigenvalue weighted by Gasteiger charge is -2.47. The highest BCUT2D eigenvalue weighted by Gasteiger charge is 2.44. The quantitative estimate of drug-likeness (QED) is 0.322. The van der Waals surface area contributed by atoms with Gasteiger partial charge in [-0.3, -0.25) is 4.79 Å². The second kappa shape index (κ2) is 11.3. The van der Waals surface area contributed by atoms with Crippen LogP contribution in [0, 0.1) is 17.7 Å². The summed E-state index contributed by atoms with van der Waals surface area (Å²) in [5.41, 5.74) is 0.742. The standard InChI is InChI=1S/C31H36FN3O6/c1-3-31(38-2)17-35(18-31)30-34-27(26(15-36)41-30)29(37)33-22-13-24(32)28(40-23-11-20-9-21(10-20)12-23)25(14-22)39-16-19-7-5-4-6-8-19/h4-8,13-14,20-21,23,36H,3,9-12,15-18H2,1-2H3,(H,33,37). The number of methoxy groups -OCH3 is 1. The molecule has 1 aliphatic heterocycles. The van der Waals surface area contributed by atoms with E-state index >= 15 is 4.39 Å². The number of oxazole rings is 1. The number of nitrogens with zero attached hydrogens (tertiary/aromatic N) is 2. The van der Waals surface area contributed by atoms with Crippen LogP contribution >= 0.6 is 0 Å². The van der Waals surface area contributed by atoms with Crippen LogP contribution in [0.25, 0.3) is 0 Å². The Balaban J connectivity index is 1.21. The minimum Gasteiger partial charge on any atom is -0.485 e. The van der Waals surface area contributed by atoms with Gasteiger partial charge in [0.05, 0.1) is 19.2 Å². The predicted octanol–water partition coefficient (Wildman–Crippen LogP) is 5.32. The molecular formula is C31H36FN3O6. The largest absolute Gasteiger partial charge is 0.485 e. The van der Waals surface area contributed by atoms with Crippen LogP contribution in [0.5, 0.6) is 11.5 Å². The van der Waals surface area contributed by atoms with Crippen LogP contribution < -0.4 is 19.7 Å². The minimum absolute atomic E-state index is 0.0285. The zero-order chi connectivity index (χ0) is 28.6. The number of nitrogens with one attached hydrogen (secondary N) is 1. The number of ether oxygens (including phenoxy) is 3. The van der Waals surface area contributed by atoms with E-state index in [0.29, 0.717) is 24.9 Å². The van der Waals surface area contributed by atoms with Gasteiger partial charge in [-0.15, -0.1) is 0 Å². The van der Waals surface area contributed by atoms with Gasteiger partial charge in [-0.2, -0.15) is 4.98 Å². The normalized spacial score (nSPS) is 22.4. The van der Waals surface area contributed by atoms with Crippen molar-refractivity contribution < 1.29 is 32.9 Å². The van der Waals surface area contributed by atoms with Crippen molar-refractivity contribution in [3.8, 4) is 11.5 Å². The van der Waals surface area contributed by atoms with Crippen LogP contribution in [0.4, 0.5) is 16.1 Å². The SMILES string of the molecule is CCC1(OC)CN(c2nc(C(=O)Nc3cc(F)c(OC4CC5CC(C5)C4)c(OCc4ccccc4)c3)c(CO)o2)C1. The molecule has 3 saturated carbocycles. The van der Waals surface area contributed by atoms with Gasteiger partial charge in [0.15, 0.2) is 28.8 Å². The Bertz CT molecular complexity index is 1370. The van der Waals surface area contributed by atoms with Crippen LogP contribution in [0.3, 0.4) is 0 Å². The lowest BCUT2D eigenvalue weighted by atomic mass is 9.64. The van der Waals surface area contributed by atoms with Crippen molar-refractivity contribution in [2.24, 2.45) is 11.8 Å². The molecule has 9 nitrogen and oxygen atoms in total. The van der Waals surface area contributed by atoms with Gasteiger partial charge in [0.2, 0.25) is 0 Å². The number of aliphatic hydroxyl groups excluding tert-OH is 1. The maximum absolute atomic E-state index is 15.6. The van der Waals surface area contributed by atoms with E-state index in [1.54, 1.807) is 13.2 Å². The van der Waals surface area contributed by atoms with Crippen molar-refractivity contribution in [1.29, 1.82) is 0 Å². The maximum Gasteiger partial charge on any atom is 0.298 e. The van der Waals surface area contributed by atoms with E-state index in [2.05, 4.69) is 10.3 Å². The molecule has 4 aliphatic rings. The lowest BCUT2D eigenvalue weighted by molar-refractivity contribution is -0.0379. The smallest absolute Gasteiger partial charge is 0.298 e. The molecule has 2 bridgehead atoms. The van der Waals surface area contributed by atoms with Crippen LogP contribution in [0.2, 0.25) is 0 Å². The van der Waals surface area contributed by atoms with Gasteiger partial charge in [-0.05, 0) is 49.5 Å². The van der Waals surface area contributed by atoms with Crippen molar-refractivity contribution in [3.63, 3.8) is 0 Å². The Hall–Kier alpha value is -3.63. The number of hydrogen-bond acceptors (Lipinski definition) is 8. The molecule has 3 aromatic rings. The Kier molecular flexibility index (Phi) is 7.61. The molecule has 4 fully saturated rings. The van der Waals surface area contributed by atoms with E-state index in [1.165, 1.54) is 18.9 Å². The van der Waals surface area contributed by atoms with E-state index < -0.39 is 18.3 Å². The van der Waals surface area contributed by atoms with E-state index in [0.717, 1.165) is 24.8 Å². The molecule has 0 unspecified atom stereocenters. The molecule has 2 aromatic carbocycles. The van der Waals surface area contributed by atoms with Gasteiger partial charge in [0, 0.05) is 24.9 Å². The third-order valence-corrected chi connectivity index (χ3v) is 8.67. The summed E-state index contributed by atoms with van der Waals surface area (Å²) in [4.78, 5) is 19.4. The molecule has 7 rings (SSSR count). The zero-order valence-corrected chi connectivity index (χ0v) is 23.4. The second-order valence-corrected chi connectivity index (χ2v) is 11.5. The summed E-state index contributed by atoms with van der Waals surface area (Å²) >= 11 is 0. The number of carbonyl (C=O) groups excluding carboxylic acids is 1. The molecule has 1 amide bonds. The molecule has 41 heavy (non-hydrogen) atoms. The summed E-state index contributed by atoms with van der Waals surface area (Å²) in [7, 11) is 1.67. The minimum atomic E-state index is -0.632. The summed E-state index contributed by atoms with van der Waals surface area (Å²) in [6.45, 7) is 2.86. The fraction of sp³-hybridized carbons (Fsp3) is 0.484. The first-order valence-electron chi connectivity index (χ1n) is 14.3. The number of halogens is 1. The van der Waals surface area contributed by atoms with Crippen molar-refractivity contribution in [2.75, 3.05) is 30.4 Å². The average Bonchev–Trinajstić information content (AvgIpc) is 3.38. The molecule has 2 N–H and O–H groups in total. The number of aromatic nitrogens is 1. The number of aliphatic hydroxyl groups is 1. The van der Waals surface area contributed by atoms with Crippen LogP contribution in [-0.4, -0.2) is 47.9 Å². The Morgan fingerprint density at radius 2 is 1.90 bits per heavy atom. The van der Waals surface area contributed by atoms with E-state index in [9.17, 15) is 9.90 Å². The molecule has 1 saturated heterocycles. The van der Waals surface area contributed by atoms with Gasteiger partial charge >= 0.3 is 0 Å². The Morgan fingerprint density at radius 1 is 1.17 bits per heavy atom. The first kappa shape index (κ1) is 27.5. The monoisotopic (exact) mass is 565 g/mol. The van der Waals surface area contributed by atoms with Crippen molar-refractivity contribution >= 4 is 17.6 Å². The molecule has 0 atom stereocenters. The third-order valence-electron chi connectivity index (χ3n) is 8.67. The number of amides is 1. The lowest BCUT2D eigenvalue weighted by Crippen LogP contribution is -2.62. The highest BCUT2D eigenvalue weighted by atomic mass is 19.1. The van der Waals surface area contributed by atoms with E-state index in [1.807, 2.05) is 42.2 Å². The summed E-state index contributed by atoms with van der Waals surface area (Å²) in [5, 5.41) is 12.5. The number of fused-ring (bicyclic) bond motifs is 2. The molecule has 3 aliphatic carbocycles.